The van der Waals surface area contributed by atoms with Crippen LogP contribution < -0.4 is 10.9 Å². The molecule has 4 nitrogen and oxygen atoms in total. The van der Waals surface area contributed by atoms with E-state index in [4.69, 9.17) is 11.6 Å². The first-order chi connectivity index (χ1) is 9.00. The first-order valence-corrected chi connectivity index (χ1v) is 7.28. The minimum atomic E-state index is -0.291. The van der Waals surface area contributed by atoms with Gasteiger partial charge in [-0.2, -0.15) is 5.10 Å². The molecule has 0 aliphatic carbocycles. The molecule has 0 aliphatic heterocycles. The molecule has 0 saturated heterocycles. The lowest BCUT2D eigenvalue weighted by molar-refractivity contribution is 0.552. The summed E-state index contributed by atoms with van der Waals surface area (Å²) in [5.74, 6) is 0.374. The molecule has 2 aromatic heterocycles. The quantitative estimate of drug-likeness (QED) is 0.942. The maximum Gasteiger partial charge on any atom is 0.287 e. The van der Waals surface area contributed by atoms with Gasteiger partial charge in [-0.25, -0.2) is 4.68 Å². The number of hydrogen-bond acceptors (Lipinski definition) is 4. The largest absolute Gasteiger partial charge is 0.374 e. The van der Waals surface area contributed by atoms with Crippen LogP contribution in [0.25, 0.3) is 0 Å². The van der Waals surface area contributed by atoms with E-state index in [0.717, 1.165) is 0 Å². The average molecular weight is 298 g/mol. The van der Waals surface area contributed by atoms with Crippen molar-refractivity contribution in [3.8, 4) is 0 Å². The molecule has 1 unspecified atom stereocenters. The molecule has 0 radical (unpaired) electrons. The van der Waals surface area contributed by atoms with Crippen LogP contribution in [0.4, 0.5) is 5.69 Å². The maximum absolute atomic E-state index is 11.8. The van der Waals surface area contributed by atoms with Gasteiger partial charge in [0.05, 0.1) is 17.9 Å². The van der Waals surface area contributed by atoms with Crippen molar-refractivity contribution in [2.24, 2.45) is 13.0 Å². The first kappa shape index (κ1) is 14.1. The predicted octanol–water partition coefficient (Wildman–Crippen LogP) is 3.30. The molecule has 2 heterocycles. The van der Waals surface area contributed by atoms with Crippen LogP contribution in [0, 0.1) is 5.92 Å². The van der Waals surface area contributed by atoms with Gasteiger partial charge < -0.3 is 5.32 Å². The minimum absolute atomic E-state index is 0.117. The molecule has 6 heteroatoms. The number of nitrogens with zero attached hydrogens (tertiary/aromatic N) is 2. The Balaban J connectivity index is 2.33. The SMILES string of the molecule is CC(C)C(Nc1cnn(C)c(=O)c1Cl)c1cccs1. The number of hydrogen-bond donors (Lipinski definition) is 1. The van der Waals surface area contributed by atoms with Crippen LogP contribution in [0.5, 0.6) is 0 Å². The molecule has 0 saturated carbocycles. The molecule has 102 valence electrons. The van der Waals surface area contributed by atoms with Gasteiger partial charge in [-0.15, -0.1) is 11.3 Å². The summed E-state index contributed by atoms with van der Waals surface area (Å²) in [5, 5.41) is 9.53. The number of anilines is 1. The molecular weight excluding hydrogens is 282 g/mol. The lowest BCUT2D eigenvalue weighted by Crippen LogP contribution is -2.23. The molecule has 2 aromatic rings. The third-order valence-corrected chi connectivity index (χ3v) is 4.23. The highest BCUT2D eigenvalue weighted by molar-refractivity contribution is 7.10. The number of halogens is 1. The molecule has 0 bridgehead atoms. The molecule has 19 heavy (non-hydrogen) atoms. The Morgan fingerprint density at radius 2 is 2.21 bits per heavy atom. The van der Waals surface area contributed by atoms with Crippen molar-refractivity contribution >= 4 is 28.6 Å². The van der Waals surface area contributed by atoms with E-state index >= 15 is 0 Å². The molecule has 2 rings (SSSR count). The maximum atomic E-state index is 11.8. The number of nitrogens with one attached hydrogen (secondary N) is 1. The third kappa shape index (κ3) is 2.98. The van der Waals surface area contributed by atoms with Crippen LogP contribution in [0.15, 0.2) is 28.5 Å². The Morgan fingerprint density at radius 1 is 1.47 bits per heavy atom. The van der Waals surface area contributed by atoms with Crippen molar-refractivity contribution in [2.75, 3.05) is 5.32 Å². The van der Waals surface area contributed by atoms with Gasteiger partial charge in [0.25, 0.3) is 5.56 Å². The summed E-state index contributed by atoms with van der Waals surface area (Å²) >= 11 is 7.76. The smallest absolute Gasteiger partial charge is 0.287 e. The fourth-order valence-corrected chi connectivity index (χ4v) is 2.99. The topological polar surface area (TPSA) is 46.9 Å². The van der Waals surface area contributed by atoms with E-state index in [1.54, 1.807) is 24.6 Å². The van der Waals surface area contributed by atoms with Crippen molar-refractivity contribution < 1.29 is 0 Å². The summed E-state index contributed by atoms with van der Waals surface area (Å²) in [6.45, 7) is 4.25. The minimum Gasteiger partial charge on any atom is -0.374 e. The van der Waals surface area contributed by atoms with Gasteiger partial charge in [-0.1, -0.05) is 31.5 Å². The van der Waals surface area contributed by atoms with Crippen LogP contribution in [-0.4, -0.2) is 9.78 Å². The molecule has 0 amide bonds. The van der Waals surface area contributed by atoms with Crippen LogP contribution in [0.1, 0.15) is 24.8 Å². The Hall–Kier alpha value is -1.33. The van der Waals surface area contributed by atoms with Gasteiger partial charge in [0, 0.05) is 11.9 Å². The zero-order valence-corrected chi connectivity index (χ0v) is 12.6. The number of aryl methyl sites for hydroxylation is 1. The van der Waals surface area contributed by atoms with Gasteiger partial charge >= 0.3 is 0 Å². The third-order valence-electron chi connectivity index (χ3n) is 2.91. The highest BCUT2D eigenvalue weighted by Crippen LogP contribution is 2.31. The second kappa shape index (κ2) is 5.75. The van der Waals surface area contributed by atoms with Crippen LogP contribution in [-0.2, 0) is 7.05 Å². The second-order valence-corrected chi connectivity index (χ2v) is 6.04. The van der Waals surface area contributed by atoms with Crippen molar-refractivity contribution in [1.29, 1.82) is 0 Å². The van der Waals surface area contributed by atoms with E-state index < -0.39 is 0 Å². The standard InChI is InChI=1S/C13H16ClN3OS/c1-8(2)12(10-5-4-6-19-10)16-9-7-15-17(3)13(18)11(9)14/h4-8,12,16H,1-3H3. The van der Waals surface area contributed by atoms with Gasteiger partial charge in [0.2, 0.25) is 0 Å². The molecule has 0 aromatic carbocycles. The zero-order chi connectivity index (χ0) is 14.0. The summed E-state index contributed by atoms with van der Waals surface area (Å²) in [6, 6.07) is 4.21. The Bertz CT molecular complexity index is 607. The molecular formula is C13H16ClN3OS. The normalized spacial score (nSPS) is 12.7. The molecule has 0 aliphatic rings. The monoisotopic (exact) mass is 297 g/mol. The molecule has 0 fully saturated rings. The van der Waals surface area contributed by atoms with Crippen LogP contribution >= 0.6 is 22.9 Å². The molecule has 1 atom stereocenters. The van der Waals surface area contributed by atoms with Crippen LogP contribution in [0.3, 0.4) is 0 Å². The summed E-state index contributed by atoms with van der Waals surface area (Å²) in [6.07, 6.45) is 1.59. The van der Waals surface area contributed by atoms with E-state index in [9.17, 15) is 4.79 Å². The van der Waals surface area contributed by atoms with Gasteiger partial charge in [-0.3, -0.25) is 4.79 Å². The molecule has 1 N–H and O–H groups in total. The van der Waals surface area contributed by atoms with Crippen molar-refractivity contribution in [2.45, 2.75) is 19.9 Å². The van der Waals surface area contributed by atoms with E-state index in [2.05, 4.69) is 30.3 Å². The summed E-state index contributed by atoms with van der Waals surface area (Å²) in [4.78, 5) is 13.0. The Morgan fingerprint density at radius 3 is 2.79 bits per heavy atom. The predicted molar refractivity (Wildman–Crippen MR) is 80.0 cm³/mol. The fourth-order valence-electron chi connectivity index (χ4n) is 1.81. The fraction of sp³-hybridized carbons (Fsp3) is 0.385. The number of rotatable bonds is 4. The Kier molecular flexibility index (Phi) is 4.27. The van der Waals surface area contributed by atoms with Gasteiger partial charge in [-0.05, 0) is 17.4 Å². The Labute approximate surface area is 121 Å². The van der Waals surface area contributed by atoms with E-state index in [1.165, 1.54) is 9.56 Å². The lowest BCUT2D eigenvalue weighted by Gasteiger charge is -2.22. The highest BCUT2D eigenvalue weighted by Gasteiger charge is 2.19. The number of aromatic nitrogens is 2. The highest BCUT2D eigenvalue weighted by atomic mass is 35.5. The van der Waals surface area contributed by atoms with Crippen LogP contribution in [0.2, 0.25) is 5.02 Å². The van der Waals surface area contributed by atoms with Crippen molar-refractivity contribution in [1.82, 2.24) is 9.78 Å². The van der Waals surface area contributed by atoms with E-state index in [0.29, 0.717) is 11.6 Å². The van der Waals surface area contributed by atoms with Gasteiger partial charge in [0.15, 0.2) is 0 Å². The van der Waals surface area contributed by atoms with Crippen molar-refractivity contribution in [3.63, 3.8) is 0 Å². The van der Waals surface area contributed by atoms with Crippen molar-refractivity contribution in [3.05, 3.63) is 44.0 Å². The summed E-state index contributed by atoms with van der Waals surface area (Å²) in [7, 11) is 1.58. The first-order valence-electron chi connectivity index (χ1n) is 6.02. The second-order valence-electron chi connectivity index (χ2n) is 4.68. The lowest BCUT2D eigenvalue weighted by atomic mass is 10.0. The zero-order valence-electron chi connectivity index (χ0n) is 11.1. The molecule has 0 spiro atoms. The summed E-state index contributed by atoms with van der Waals surface area (Å²) < 4.78 is 1.23. The van der Waals surface area contributed by atoms with Gasteiger partial charge in [0.1, 0.15) is 5.02 Å². The number of thiophene rings is 1. The van der Waals surface area contributed by atoms with E-state index in [1.807, 2.05) is 11.4 Å². The summed E-state index contributed by atoms with van der Waals surface area (Å²) in [5.41, 5.74) is 0.289. The van der Waals surface area contributed by atoms with E-state index in [-0.39, 0.29) is 16.6 Å². The average Bonchev–Trinajstić information content (AvgIpc) is 2.88.